The number of carbonyl (C=O) groups excluding carboxylic acids is 1. The molecule has 0 aliphatic rings. The van der Waals surface area contributed by atoms with Gasteiger partial charge < -0.3 is 5.32 Å². The number of carbonyl (C=O) groups is 1. The molecule has 0 aliphatic carbocycles. The van der Waals surface area contributed by atoms with Crippen molar-refractivity contribution in [2.45, 2.75) is 20.4 Å². The van der Waals surface area contributed by atoms with Crippen molar-refractivity contribution >= 4 is 44.1 Å². The Hall–Kier alpha value is -3.06. The monoisotopic (exact) mass is 364 g/mol. The van der Waals surface area contributed by atoms with Crippen LogP contribution in [-0.4, -0.2) is 20.4 Å². The van der Waals surface area contributed by atoms with Crippen molar-refractivity contribution in [1.82, 2.24) is 14.5 Å². The standard InChI is InChI=1S/C19H16N4O2S/c1-11-20-15-6-4-3-5-14(15)19(25)23(11)10-18(24)22-13-7-8-16-17(9-13)26-12(2)21-16/h3-9H,10H2,1-2H3,(H,22,24). The molecule has 0 spiro atoms. The average Bonchev–Trinajstić information content (AvgIpc) is 2.98. The summed E-state index contributed by atoms with van der Waals surface area (Å²) < 4.78 is 2.41. The van der Waals surface area contributed by atoms with E-state index < -0.39 is 0 Å². The van der Waals surface area contributed by atoms with Gasteiger partial charge in [-0.05, 0) is 44.2 Å². The Morgan fingerprint density at radius 3 is 2.77 bits per heavy atom. The van der Waals surface area contributed by atoms with E-state index in [0.717, 1.165) is 15.2 Å². The Bertz CT molecular complexity index is 1210. The number of nitrogens with one attached hydrogen (secondary N) is 1. The van der Waals surface area contributed by atoms with Gasteiger partial charge in [-0.2, -0.15) is 0 Å². The summed E-state index contributed by atoms with van der Waals surface area (Å²) in [7, 11) is 0. The Morgan fingerprint density at radius 1 is 1.12 bits per heavy atom. The fourth-order valence-corrected chi connectivity index (χ4v) is 3.79. The average molecular weight is 364 g/mol. The van der Waals surface area contributed by atoms with Crippen LogP contribution in [0.2, 0.25) is 0 Å². The highest BCUT2D eigenvalue weighted by Gasteiger charge is 2.12. The van der Waals surface area contributed by atoms with Gasteiger partial charge in [-0.3, -0.25) is 14.2 Å². The Kier molecular flexibility index (Phi) is 4.00. The molecule has 0 radical (unpaired) electrons. The number of anilines is 1. The quantitative estimate of drug-likeness (QED) is 0.605. The molecule has 1 amide bonds. The van der Waals surface area contributed by atoms with Crippen LogP contribution in [0.4, 0.5) is 5.69 Å². The zero-order valence-corrected chi connectivity index (χ0v) is 15.1. The third-order valence-corrected chi connectivity index (χ3v) is 5.07. The van der Waals surface area contributed by atoms with Crippen molar-refractivity contribution in [3.05, 3.63) is 63.7 Å². The molecule has 2 aromatic heterocycles. The molecule has 0 bridgehead atoms. The van der Waals surface area contributed by atoms with E-state index in [9.17, 15) is 9.59 Å². The second-order valence-corrected chi connectivity index (χ2v) is 7.27. The number of aromatic nitrogens is 3. The fourth-order valence-electron chi connectivity index (χ4n) is 2.93. The SMILES string of the molecule is Cc1nc2ccc(NC(=O)Cn3c(C)nc4ccccc4c3=O)cc2s1. The van der Waals surface area contributed by atoms with Crippen LogP contribution in [0.5, 0.6) is 0 Å². The summed E-state index contributed by atoms with van der Waals surface area (Å²) in [5.41, 5.74) is 2.02. The maximum Gasteiger partial charge on any atom is 0.261 e. The van der Waals surface area contributed by atoms with Gasteiger partial charge in [0.2, 0.25) is 5.91 Å². The molecule has 0 saturated heterocycles. The second-order valence-electron chi connectivity index (χ2n) is 6.03. The van der Waals surface area contributed by atoms with Crippen LogP contribution >= 0.6 is 11.3 Å². The molecule has 0 saturated carbocycles. The third kappa shape index (κ3) is 2.97. The van der Waals surface area contributed by atoms with Crippen LogP contribution in [0, 0.1) is 13.8 Å². The van der Waals surface area contributed by atoms with E-state index in [1.165, 1.54) is 4.57 Å². The predicted molar refractivity (Wildman–Crippen MR) is 104 cm³/mol. The molecule has 26 heavy (non-hydrogen) atoms. The maximum absolute atomic E-state index is 12.7. The Balaban J connectivity index is 1.61. The molecule has 4 rings (SSSR count). The highest BCUT2D eigenvalue weighted by atomic mass is 32.1. The van der Waals surface area contributed by atoms with E-state index in [1.807, 2.05) is 31.2 Å². The first kappa shape index (κ1) is 16.4. The second kappa shape index (κ2) is 6.34. The van der Waals surface area contributed by atoms with Gasteiger partial charge in [0.05, 0.1) is 26.1 Å². The van der Waals surface area contributed by atoms with Crippen molar-refractivity contribution in [3.8, 4) is 0 Å². The number of para-hydroxylation sites is 1. The summed E-state index contributed by atoms with van der Waals surface area (Å²) >= 11 is 1.58. The zero-order chi connectivity index (χ0) is 18.3. The molecule has 2 aromatic carbocycles. The van der Waals surface area contributed by atoms with Gasteiger partial charge in [-0.15, -0.1) is 11.3 Å². The normalized spacial score (nSPS) is 11.2. The van der Waals surface area contributed by atoms with Gasteiger partial charge in [0, 0.05) is 5.69 Å². The lowest BCUT2D eigenvalue weighted by Crippen LogP contribution is -2.30. The topological polar surface area (TPSA) is 76.9 Å². The minimum absolute atomic E-state index is 0.0811. The fraction of sp³-hybridized carbons (Fsp3) is 0.158. The Morgan fingerprint density at radius 2 is 1.92 bits per heavy atom. The molecule has 6 nitrogen and oxygen atoms in total. The van der Waals surface area contributed by atoms with Crippen molar-refractivity contribution in [3.63, 3.8) is 0 Å². The highest BCUT2D eigenvalue weighted by Crippen LogP contribution is 2.24. The summed E-state index contributed by atoms with van der Waals surface area (Å²) in [6, 6.07) is 12.7. The number of thiazole rings is 1. The van der Waals surface area contributed by atoms with Crippen LogP contribution in [-0.2, 0) is 11.3 Å². The molecular weight excluding hydrogens is 348 g/mol. The first-order chi connectivity index (χ1) is 12.5. The van der Waals surface area contributed by atoms with Gasteiger partial charge >= 0.3 is 0 Å². The summed E-state index contributed by atoms with van der Waals surface area (Å²) in [6.07, 6.45) is 0. The predicted octanol–water partition coefficient (Wildman–Crippen LogP) is 3.26. The van der Waals surface area contributed by atoms with Gasteiger partial charge in [0.15, 0.2) is 0 Å². The van der Waals surface area contributed by atoms with Gasteiger partial charge in [-0.1, -0.05) is 12.1 Å². The molecule has 7 heteroatoms. The summed E-state index contributed by atoms with van der Waals surface area (Å²) in [6.45, 7) is 3.60. The van der Waals surface area contributed by atoms with Crippen LogP contribution < -0.4 is 10.9 Å². The van der Waals surface area contributed by atoms with Crippen LogP contribution in [0.1, 0.15) is 10.8 Å². The van der Waals surface area contributed by atoms with Crippen LogP contribution in [0.25, 0.3) is 21.1 Å². The lowest BCUT2D eigenvalue weighted by atomic mass is 10.2. The van der Waals surface area contributed by atoms with Crippen molar-refractivity contribution < 1.29 is 4.79 Å². The molecule has 1 N–H and O–H groups in total. The van der Waals surface area contributed by atoms with Gasteiger partial charge in [0.25, 0.3) is 5.56 Å². The van der Waals surface area contributed by atoms with E-state index in [-0.39, 0.29) is 18.0 Å². The smallest absolute Gasteiger partial charge is 0.261 e. The lowest BCUT2D eigenvalue weighted by molar-refractivity contribution is -0.116. The van der Waals surface area contributed by atoms with E-state index in [1.54, 1.807) is 36.5 Å². The summed E-state index contributed by atoms with van der Waals surface area (Å²) in [5.74, 6) is 0.241. The van der Waals surface area contributed by atoms with Crippen molar-refractivity contribution in [2.24, 2.45) is 0 Å². The number of fused-ring (bicyclic) bond motifs is 2. The molecule has 4 aromatic rings. The van der Waals surface area contributed by atoms with E-state index in [4.69, 9.17) is 0 Å². The molecular formula is C19H16N4O2S. The number of benzene rings is 2. The van der Waals surface area contributed by atoms with E-state index >= 15 is 0 Å². The molecule has 0 atom stereocenters. The van der Waals surface area contributed by atoms with E-state index in [2.05, 4.69) is 15.3 Å². The molecule has 0 aliphatic heterocycles. The zero-order valence-electron chi connectivity index (χ0n) is 14.3. The molecule has 2 heterocycles. The Labute approximate surface area is 153 Å². The number of amides is 1. The maximum atomic E-state index is 12.7. The van der Waals surface area contributed by atoms with E-state index in [0.29, 0.717) is 22.4 Å². The summed E-state index contributed by atoms with van der Waals surface area (Å²) in [4.78, 5) is 33.9. The number of rotatable bonds is 3. The number of hydrogen-bond acceptors (Lipinski definition) is 5. The minimum atomic E-state index is -0.270. The first-order valence-corrected chi connectivity index (χ1v) is 8.96. The lowest BCUT2D eigenvalue weighted by Gasteiger charge is -2.11. The number of aryl methyl sites for hydroxylation is 2. The number of nitrogens with zero attached hydrogens (tertiary/aromatic N) is 3. The number of hydrogen-bond donors (Lipinski definition) is 1. The van der Waals surface area contributed by atoms with Crippen molar-refractivity contribution in [2.75, 3.05) is 5.32 Å². The first-order valence-electron chi connectivity index (χ1n) is 8.14. The van der Waals surface area contributed by atoms with Crippen LogP contribution in [0.15, 0.2) is 47.3 Å². The molecule has 0 fully saturated rings. The largest absolute Gasteiger partial charge is 0.324 e. The minimum Gasteiger partial charge on any atom is -0.324 e. The van der Waals surface area contributed by atoms with Gasteiger partial charge in [-0.25, -0.2) is 9.97 Å². The van der Waals surface area contributed by atoms with Crippen molar-refractivity contribution in [1.29, 1.82) is 0 Å². The van der Waals surface area contributed by atoms with Crippen LogP contribution in [0.3, 0.4) is 0 Å². The van der Waals surface area contributed by atoms with Gasteiger partial charge in [0.1, 0.15) is 12.4 Å². The highest BCUT2D eigenvalue weighted by molar-refractivity contribution is 7.18. The molecule has 130 valence electrons. The summed E-state index contributed by atoms with van der Waals surface area (Å²) in [5, 5.41) is 4.33. The third-order valence-electron chi connectivity index (χ3n) is 4.13. The molecule has 0 unspecified atom stereocenters.